The molecule has 0 aromatic rings. The van der Waals surface area contributed by atoms with Crippen LogP contribution in [0.2, 0.25) is 0 Å². The second-order valence-electron chi connectivity index (χ2n) is 8.60. The van der Waals surface area contributed by atoms with Crippen molar-refractivity contribution in [3.8, 4) is 0 Å². The molecule has 28 heavy (non-hydrogen) atoms. The average Bonchev–Trinajstić information content (AvgIpc) is 2.58. The van der Waals surface area contributed by atoms with Gasteiger partial charge in [-0.2, -0.15) is 0 Å². The van der Waals surface area contributed by atoms with Crippen molar-refractivity contribution in [2.24, 2.45) is 11.8 Å². The van der Waals surface area contributed by atoms with Crippen molar-refractivity contribution in [2.75, 3.05) is 20.0 Å². The highest BCUT2D eigenvalue weighted by Crippen LogP contribution is 2.60. The molecule has 0 N–H and O–H groups in total. The Hall–Kier alpha value is -1.44. The van der Waals surface area contributed by atoms with Crippen molar-refractivity contribution in [3.63, 3.8) is 0 Å². The number of carbonyl (C=O) groups is 2. The van der Waals surface area contributed by atoms with Gasteiger partial charge in [0.05, 0.1) is 11.2 Å². The summed E-state index contributed by atoms with van der Waals surface area (Å²) >= 11 is 0. The van der Waals surface area contributed by atoms with Crippen LogP contribution in [0.15, 0.2) is 12.2 Å². The van der Waals surface area contributed by atoms with Gasteiger partial charge < -0.3 is 23.7 Å². The third-order valence-electron chi connectivity index (χ3n) is 6.05. The Kier molecular flexibility index (Phi) is 6.47. The molecule has 7 heteroatoms. The summed E-state index contributed by atoms with van der Waals surface area (Å²) in [6, 6.07) is 0. The van der Waals surface area contributed by atoms with Gasteiger partial charge >= 0.3 is 11.9 Å². The Balaban J connectivity index is 1.56. The van der Waals surface area contributed by atoms with Gasteiger partial charge in [-0.15, -0.1) is 0 Å². The monoisotopic (exact) mass is 396 g/mol. The third-order valence-corrected chi connectivity index (χ3v) is 6.05. The van der Waals surface area contributed by atoms with Gasteiger partial charge in [0.15, 0.2) is 13.1 Å². The second-order valence-corrected chi connectivity index (χ2v) is 8.60. The van der Waals surface area contributed by atoms with Gasteiger partial charge in [0.25, 0.3) is 0 Å². The summed E-state index contributed by atoms with van der Waals surface area (Å²) in [7, 11) is 0. The molecule has 0 radical (unpaired) electrons. The second kappa shape index (κ2) is 8.51. The predicted molar refractivity (Wildman–Crippen MR) is 100 cm³/mol. The van der Waals surface area contributed by atoms with Gasteiger partial charge in [-0.1, -0.05) is 6.58 Å². The molecule has 4 aliphatic rings. The van der Waals surface area contributed by atoms with E-state index >= 15 is 0 Å². The first kappa shape index (κ1) is 21.3. The first-order valence-corrected chi connectivity index (χ1v) is 10.2. The van der Waals surface area contributed by atoms with Crippen LogP contribution in [0.5, 0.6) is 0 Å². The number of esters is 2. The Morgan fingerprint density at radius 1 is 1.11 bits per heavy atom. The van der Waals surface area contributed by atoms with E-state index in [9.17, 15) is 9.59 Å². The molecule has 4 saturated carbocycles. The van der Waals surface area contributed by atoms with Gasteiger partial charge in [-0.25, -0.2) is 9.59 Å². The minimum Gasteiger partial charge on any atom is -0.435 e. The van der Waals surface area contributed by atoms with Crippen molar-refractivity contribution in [1.82, 2.24) is 0 Å². The Bertz CT molecular complexity index is 600. The van der Waals surface area contributed by atoms with Gasteiger partial charge in [-0.05, 0) is 64.7 Å². The van der Waals surface area contributed by atoms with E-state index in [2.05, 4.69) is 6.58 Å². The molecule has 0 aromatic carbocycles. The number of hydrogen-bond acceptors (Lipinski definition) is 7. The van der Waals surface area contributed by atoms with Gasteiger partial charge in [0, 0.05) is 18.6 Å². The zero-order valence-corrected chi connectivity index (χ0v) is 17.2. The van der Waals surface area contributed by atoms with Crippen LogP contribution in [-0.4, -0.2) is 49.4 Å². The molecule has 158 valence electrons. The van der Waals surface area contributed by atoms with Crippen molar-refractivity contribution in [2.45, 2.75) is 76.8 Å². The molecule has 0 saturated heterocycles. The minimum absolute atomic E-state index is 0.0743. The fourth-order valence-electron chi connectivity index (χ4n) is 5.46. The summed E-state index contributed by atoms with van der Waals surface area (Å²) in [5, 5.41) is 0. The molecule has 3 atom stereocenters. The van der Waals surface area contributed by atoms with Crippen LogP contribution in [0.3, 0.4) is 0 Å². The van der Waals surface area contributed by atoms with Gasteiger partial charge in [0.2, 0.25) is 0 Å². The zero-order valence-electron chi connectivity index (χ0n) is 17.2. The maximum Gasteiger partial charge on any atom is 0.335 e. The lowest BCUT2D eigenvalue weighted by molar-refractivity contribution is -0.258. The molecule has 4 aliphatic carbocycles. The van der Waals surface area contributed by atoms with E-state index in [4.69, 9.17) is 23.7 Å². The summed E-state index contributed by atoms with van der Waals surface area (Å²) in [4.78, 5) is 23.7. The van der Waals surface area contributed by atoms with Crippen LogP contribution < -0.4 is 0 Å². The summed E-state index contributed by atoms with van der Waals surface area (Å²) < 4.78 is 27.8. The standard InChI is InChI=1S/C21H32O7/c1-5-24-15(4)28-18(22)11-26-20-7-16-6-17(8-20)10-21(9-16,12-20)27-13-25-19(23)14(2)3/h15-17H,2,5-13H2,1,3-4H3. The molecule has 0 aromatic heterocycles. The van der Waals surface area contributed by atoms with Crippen LogP contribution in [0.4, 0.5) is 0 Å². The van der Waals surface area contributed by atoms with E-state index in [1.54, 1.807) is 13.8 Å². The van der Waals surface area contributed by atoms with Crippen LogP contribution in [0.25, 0.3) is 0 Å². The Labute approximate surface area is 166 Å². The Morgan fingerprint density at radius 3 is 2.29 bits per heavy atom. The Morgan fingerprint density at radius 2 is 1.71 bits per heavy atom. The normalized spacial score (nSPS) is 34.1. The highest BCUT2D eigenvalue weighted by atomic mass is 16.7. The first-order chi connectivity index (χ1) is 13.2. The lowest BCUT2D eigenvalue weighted by atomic mass is 9.52. The molecular formula is C21H32O7. The highest BCUT2D eigenvalue weighted by molar-refractivity contribution is 5.86. The largest absolute Gasteiger partial charge is 0.435 e. The van der Waals surface area contributed by atoms with Gasteiger partial charge in [-0.3, -0.25) is 0 Å². The fourth-order valence-corrected chi connectivity index (χ4v) is 5.46. The molecule has 0 spiro atoms. The SMILES string of the molecule is C=C(C)C(=O)OCOC12CC3CC(C1)CC(OCC(=O)OC(C)OCC)(C3)C2. The molecule has 4 rings (SSSR count). The first-order valence-electron chi connectivity index (χ1n) is 10.2. The van der Waals surface area contributed by atoms with E-state index in [1.165, 1.54) is 6.42 Å². The molecule has 0 amide bonds. The molecular weight excluding hydrogens is 364 g/mol. The maximum absolute atomic E-state index is 12.1. The quantitative estimate of drug-likeness (QED) is 0.319. The summed E-state index contributed by atoms with van der Waals surface area (Å²) in [5.74, 6) is 0.164. The minimum atomic E-state index is -0.574. The van der Waals surface area contributed by atoms with E-state index in [0.29, 0.717) is 30.4 Å². The predicted octanol–water partition coefficient (Wildman–Crippen LogP) is 3.11. The molecule has 4 fully saturated rings. The van der Waals surface area contributed by atoms with Crippen LogP contribution in [0, 0.1) is 11.8 Å². The maximum atomic E-state index is 12.1. The molecule has 0 heterocycles. The molecule has 3 unspecified atom stereocenters. The number of rotatable bonds is 10. The van der Waals surface area contributed by atoms with E-state index < -0.39 is 18.2 Å². The van der Waals surface area contributed by atoms with Crippen molar-refractivity contribution in [1.29, 1.82) is 0 Å². The zero-order chi connectivity index (χ0) is 20.4. The number of hydrogen-bond donors (Lipinski definition) is 0. The van der Waals surface area contributed by atoms with Gasteiger partial charge in [0.1, 0.15) is 6.61 Å². The highest BCUT2D eigenvalue weighted by Gasteiger charge is 2.59. The number of carbonyl (C=O) groups excluding carboxylic acids is 2. The van der Waals surface area contributed by atoms with E-state index in [0.717, 1.165) is 25.7 Å². The molecule has 4 bridgehead atoms. The van der Waals surface area contributed by atoms with E-state index in [1.807, 2.05) is 6.92 Å². The topological polar surface area (TPSA) is 80.3 Å². The molecule has 7 nitrogen and oxygen atoms in total. The lowest BCUT2D eigenvalue weighted by Crippen LogP contribution is -2.61. The van der Waals surface area contributed by atoms with Crippen molar-refractivity contribution < 1.29 is 33.3 Å². The van der Waals surface area contributed by atoms with Crippen LogP contribution in [0.1, 0.15) is 59.3 Å². The third kappa shape index (κ3) is 4.93. The smallest absolute Gasteiger partial charge is 0.335 e. The summed E-state index contributed by atoms with van der Waals surface area (Å²) in [6.45, 7) is 9.06. The molecule has 0 aliphatic heterocycles. The number of ether oxygens (including phenoxy) is 5. The van der Waals surface area contributed by atoms with Crippen LogP contribution in [-0.2, 0) is 33.3 Å². The summed E-state index contributed by atoms with van der Waals surface area (Å²) in [5.41, 5.74) is -0.355. The van der Waals surface area contributed by atoms with Crippen molar-refractivity contribution in [3.05, 3.63) is 12.2 Å². The van der Waals surface area contributed by atoms with E-state index in [-0.39, 0.29) is 24.6 Å². The lowest BCUT2D eigenvalue weighted by Gasteiger charge is -2.60. The summed E-state index contributed by atoms with van der Waals surface area (Å²) in [6.07, 6.45) is 5.09. The van der Waals surface area contributed by atoms with Crippen molar-refractivity contribution >= 4 is 11.9 Å². The van der Waals surface area contributed by atoms with Crippen LogP contribution >= 0.6 is 0 Å². The fraction of sp³-hybridized carbons (Fsp3) is 0.810. The average molecular weight is 396 g/mol.